The summed E-state index contributed by atoms with van der Waals surface area (Å²) in [5.41, 5.74) is 1.37. The number of methoxy groups -OCH3 is 2. The number of nitrogens with one attached hydrogen (secondary N) is 2. The number of morpholine rings is 1. The van der Waals surface area contributed by atoms with Gasteiger partial charge in [0.1, 0.15) is 0 Å². The largest absolute Gasteiger partial charge is 0.493 e. The summed E-state index contributed by atoms with van der Waals surface area (Å²) < 4.78 is 16.9. The molecule has 0 bridgehead atoms. The summed E-state index contributed by atoms with van der Waals surface area (Å²) in [7, 11) is 7.34. The second-order valence-corrected chi connectivity index (χ2v) is 8.47. The van der Waals surface area contributed by atoms with Crippen molar-refractivity contribution in [3.8, 4) is 11.5 Å². The normalized spacial score (nSPS) is 21.7. The Bertz CT molecular complexity index is 710. The number of ether oxygens (including phenoxy) is 3. The average molecular weight is 546 g/mol. The molecular weight excluding hydrogens is 507 g/mol. The monoisotopic (exact) mass is 546 g/mol. The van der Waals surface area contributed by atoms with Crippen LogP contribution in [-0.2, 0) is 10.2 Å². The van der Waals surface area contributed by atoms with Crippen LogP contribution in [0.5, 0.6) is 11.5 Å². The summed E-state index contributed by atoms with van der Waals surface area (Å²) in [5, 5.41) is 7.04. The fraction of sp³-hybridized carbons (Fsp3) is 0.696. The van der Waals surface area contributed by atoms with E-state index in [2.05, 4.69) is 39.7 Å². The van der Waals surface area contributed by atoms with Crippen LogP contribution >= 0.6 is 24.0 Å². The van der Waals surface area contributed by atoms with Gasteiger partial charge in [-0.3, -0.25) is 4.99 Å². The number of guanidine groups is 1. The van der Waals surface area contributed by atoms with E-state index in [0.717, 1.165) is 63.1 Å². The number of benzene rings is 1. The van der Waals surface area contributed by atoms with E-state index in [9.17, 15) is 0 Å². The van der Waals surface area contributed by atoms with Gasteiger partial charge in [-0.1, -0.05) is 25.3 Å². The molecule has 1 unspecified atom stereocenters. The Labute approximate surface area is 204 Å². The number of aliphatic imine (C=N–C) groups is 1. The van der Waals surface area contributed by atoms with Gasteiger partial charge in [-0.05, 0) is 37.6 Å². The summed E-state index contributed by atoms with van der Waals surface area (Å²) in [6, 6.07) is 6.36. The Kier molecular flexibility index (Phi) is 10.6. The van der Waals surface area contributed by atoms with Gasteiger partial charge in [-0.25, -0.2) is 0 Å². The smallest absolute Gasteiger partial charge is 0.191 e. The average Bonchev–Trinajstić information content (AvgIpc) is 2.79. The molecule has 0 spiro atoms. The maximum atomic E-state index is 5.86. The van der Waals surface area contributed by atoms with Crippen LogP contribution in [0.1, 0.15) is 37.7 Å². The first-order valence-electron chi connectivity index (χ1n) is 11.1. The van der Waals surface area contributed by atoms with Gasteiger partial charge >= 0.3 is 0 Å². The molecule has 1 saturated carbocycles. The second kappa shape index (κ2) is 12.7. The quantitative estimate of drug-likeness (QED) is 0.312. The van der Waals surface area contributed by atoms with Gasteiger partial charge in [0.25, 0.3) is 0 Å². The Balaban J connectivity index is 0.00000341. The van der Waals surface area contributed by atoms with Gasteiger partial charge in [0.2, 0.25) is 0 Å². The molecule has 0 radical (unpaired) electrons. The minimum atomic E-state index is 0. The van der Waals surface area contributed by atoms with E-state index in [1.165, 1.54) is 24.8 Å². The number of likely N-dealkylation sites (N-methyl/N-ethyl adjacent to an activating group) is 1. The van der Waals surface area contributed by atoms with E-state index in [1.807, 2.05) is 13.1 Å². The Morgan fingerprint density at radius 2 is 1.90 bits per heavy atom. The summed E-state index contributed by atoms with van der Waals surface area (Å²) in [4.78, 5) is 6.75. The first-order chi connectivity index (χ1) is 14.6. The maximum absolute atomic E-state index is 5.86. The minimum absolute atomic E-state index is 0. The van der Waals surface area contributed by atoms with Crippen molar-refractivity contribution < 1.29 is 14.2 Å². The number of nitrogens with zero attached hydrogens (tertiary/aromatic N) is 2. The molecule has 1 aromatic carbocycles. The molecule has 2 aliphatic rings. The Hall–Kier alpha value is -1.26. The predicted molar refractivity (Wildman–Crippen MR) is 136 cm³/mol. The molecule has 1 heterocycles. The zero-order valence-corrected chi connectivity index (χ0v) is 21.7. The van der Waals surface area contributed by atoms with Crippen molar-refractivity contribution in [1.82, 2.24) is 15.5 Å². The van der Waals surface area contributed by atoms with Crippen LogP contribution in [0.2, 0.25) is 0 Å². The van der Waals surface area contributed by atoms with Gasteiger partial charge in [0, 0.05) is 38.6 Å². The van der Waals surface area contributed by atoms with Gasteiger partial charge in [0.15, 0.2) is 17.5 Å². The molecule has 176 valence electrons. The lowest BCUT2D eigenvalue weighted by molar-refractivity contribution is -0.0161. The lowest BCUT2D eigenvalue weighted by atomic mass is 9.69. The van der Waals surface area contributed by atoms with Crippen LogP contribution < -0.4 is 20.1 Å². The molecule has 31 heavy (non-hydrogen) atoms. The van der Waals surface area contributed by atoms with Crippen LogP contribution in [0.3, 0.4) is 0 Å². The number of hydrogen-bond acceptors (Lipinski definition) is 5. The van der Waals surface area contributed by atoms with Crippen molar-refractivity contribution >= 4 is 29.9 Å². The lowest BCUT2D eigenvalue weighted by Crippen LogP contribution is -2.50. The third-order valence-electron chi connectivity index (χ3n) is 6.46. The molecular formula is C23H39IN4O3. The first-order valence-corrected chi connectivity index (χ1v) is 11.1. The van der Waals surface area contributed by atoms with Crippen LogP contribution in [0, 0.1) is 0 Å². The van der Waals surface area contributed by atoms with Crippen LogP contribution in [0.4, 0.5) is 0 Å². The van der Waals surface area contributed by atoms with Crippen molar-refractivity contribution in [2.75, 3.05) is 61.1 Å². The third kappa shape index (κ3) is 6.86. The van der Waals surface area contributed by atoms with Crippen LogP contribution in [0.15, 0.2) is 23.2 Å². The molecule has 8 heteroatoms. The summed E-state index contributed by atoms with van der Waals surface area (Å²) >= 11 is 0. The highest BCUT2D eigenvalue weighted by molar-refractivity contribution is 14.0. The van der Waals surface area contributed by atoms with E-state index in [-0.39, 0.29) is 35.5 Å². The highest BCUT2D eigenvalue weighted by atomic mass is 127. The van der Waals surface area contributed by atoms with Gasteiger partial charge < -0.3 is 29.7 Å². The van der Waals surface area contributed by atoms with Crippen molar-refractivity contribution in [2.24, 2.45) is 4.99 Å². The molecule has 1 saturated heterocycles. The SMILES string of the molecule is CN=C(NCC1CN(C)CCO1)NCC1(c2ccc(OC)c(OC)c2)CCCCC1.I. The lowest BCUT2D eigenvalue weighted by Gasteiger charge is -2.39. The van der Waals surface area contributed by atoms with Crippen molar-refractivity contribution in [3.63, 3.8) is 0 Å². The van der Waals surface area contributed by atoms with Gasteiger partial charge in [-0.2, -0.15) is 0 Å². The van der Waals surface area contributed by atoms with E-state index in [1.54, 1.807) is 14.2 Å². The highest BCUT2D eigenvalue weighted by Gasteiger charge is 2.35. The zero-order valence-electron chi connectivity index (χ0n) is 19.4. The highest BCUT2D eigenvalue weighted by Crippen LogP contribution is 2.42. The molecule has 2 N–H and O–H groups in total. The van der Waals surface area contributed by atoms with Crippen molar-refractivity contribution in [2.45, 2.75) is 43.6 Å². The van der Waals surface area contributed by atoms with E-state index < -0.39 is 0 Å². The van der Waals surface area contributed by atoms with Crippen molar-refractivity contribution in [3.05, 3.63) is 23.8 Å². The minimum Gasteiger partial charge on any atom is -0.493 e. The topological polar surface area (TPSA) is 67.4 Å². The summed E-state index contributed by atoms with van der Waals surface area (Å²) in [6.45, 7) is 4.33. The molecule has 0 amide bonds. The summed E-state index contributed by atoms with van der Waals surface area (Å²) in [5.74, 6) is 2.40. The first kappa shape index (κ1) is 26.0. The molecule has 1 aliphatic heterocycles. The van der Waals surface area contributed by atoms with Crippen LogP contribution in [0.25, 0.3) is 0 Å². The summed E-state index contributed by atoms with van der Waals surface area (Å²) in [6.07, 6.45) is 6.28. The fourth-order valence-corrected chi connectivity index (χ4v) is 4.64. The van der Waals surface area contributed by atoms with Gasteiger partial charge in [-0.15, -0.1) is 24.0 Å². The number of rotatable bonds is 7. The van der Waals surface area contributed by atoms with E-state index >= 15 is 0 Å². The fourth-order valence-electron chi connectivity index (χ4n) is 4.64. The molecule has 7 nitrogen and oxygen atoms in total. The number of hydrogen-bond donors (Lipinski definition) is 2. The van der Waals surface area contributed by atoms with E-state index in [0.29, 0.717) is 0 Å². The van der Waals surface area contributed by atoms with Crippen LogP contribution in [-0.4, -0.2) is 78.1 Å². The molecule has 2 fully saturated rings. The molecule has 1 aromatic rings. The second-order valence-electron chi connectivity index (χ2n) is 8.47. The molecule has 0 aromatic heterocycles. The molecule has 1 aliphatic carbocycles. The standard InChI is InChI=1S/C23H38N4O3.HI/c1-24-22(25-15-19-16-27(2)12-13-30-19)26-17-23(10-6-5-7-11-23)18-8-9-20(28-3)21(14-18)29-4;/h8-9,14,19H,5-7,10-13,15-17H2,1-4H3,(H2,24,25,26);1H. The Morgan fingerprint density at radius 3 is 2.55 bits per heavy atom. The van der Waals surface area contributed by atoms with E-state index in [4.69, 9.17) is 14.2 Å². The van der Waals surface area contributed by atoms with Gasteiger partial charge in [0.05, 0.1) is 26.9 Å². The zero-order chi connectivity index (χ0) is 21.4. The molecule has 3 rings (SSSR count). The van der Waals surface area contributed by atoms with Crippen molar-refractivity contribution in [1.29, 1.82) is 0 Å². The predicted octanol–water partition coefficient (Wildman–Crippen LogP) is 3.02. The third-order valence-corrected chi connectivity index (χ3v) is 6.46. The molecule has 1 atom stereocenters. The maximum Gasteiger partial charge on any atom is 0.191 e. The number of halogens is 1. The Morgan fingerprint density at radius 1 is 1.16 bits per heavy atom.